The minimum atomic E-state index is -0.296. The second-order valence-corrected chi connectivity index (χ2v) is 7.13. The van der Waals surface area contributed by atoms with Crippen LogP contribution in [0, 0.1) is 23.7 Å². The molecule has 0 saturated carbocycles. The predicted octanol–water partition coefficient (Wildman–Crippen LogP) is 6.27. The lowest BCUT2D eigenvalue weighted by atomic mass is 10.0. The van der Waals surface area contributed by atoms with Crippen LogP contribution in [-0.4, -0.2) is 11.6 Å². The summed E-state index contributed by atoms with van der Waals surface area (Å²) in [5, 5.41) is 0. The lowest BCUT2D eigenvalue weighted by molar-refractivity contribution is 0.104. The van der Waals surface area contributed by atoms with Crippen molar-refractivity contribution < 1.29 is 9.59 Å². The Morgan fingerprint density at radius 3 is 1.22 bits per heavy atom. The molecule has 0 heterocycles. The standard InChI is InChI=1S/C30H22O2/c1-23(25-13-5-3-6-14-25)11-9-17-29(31)27-19-21-28(22-20-27)30(32)18-10-12-24(2)26-15-7-4-8-16-26/h3-8,13-16,19-22H,1-2,11-12H2. The summed E-state index contributed by atoms with van der Waals surface area (Å²) in [7, 11) is 0. The minimum absolute atomic E-state index is 0.296. The van der Waals surface area contributed by atoms with Crippen molar-refractivity contribution in [2.75, 3.05) is 0 Å². The van der Waals surface area contributed by atoms with Crippen LogP contribution in [0.2, 0.25) is 0 Å². The van der Waals surface area contributed by atoms with Gasteiger partial charge >= 0.3 is 0 Å². The van der Waals surface area contributed by atoms with Crippen molar-refractivity contribution in [2.24, 2.45) is 0 Å². The number of carbonyl (C=O) groups excluding carboxylic acids is 2. The quantitative estimate of drug-likeness (QED) is 0.271. The van der Waals surface area contributed by atoms with Crippen LogP contribution in [0.15, 0.2) is 98.1 Å². The van der Waals surface area contributed by atoms with Crippen LogP contribution >= 0.6 is 0 Å². The molecule has 0 aliphatic rings. The second kappa shape index (κ2) is 11.1. The lowest BCUT2D eigenvalue weighted by Gasteiger charge is -2.00. The zero-order valence-corrected chi connectivity index (χ0v) is 17.7. The van der Waals surface area contributed by atoms with Gasteiger partial charge in [0.15, 0.2) is 0 Å². The molecule has 154 valence electrons. The summed E-state index contributed by atoms with van der Waals surface area (Å²) in [6.45, 7) is 8.02. The van der Waals surface area contributed by atoms with E-state index in [0.29, 0.717) is 24.0 Å². The molecule has 2 heteroatoms. The summed E-state index contributed by atoms with van der Waals surface area (Å²) in [5.74, 6) is 10.4. The summed E-state index contributed by atoms with van der Waals surface area (Å²) < 4.78 is 0. The van der Waals surface area contributed by atoms with Gasteiger partial charge in [-0.3, -0.25) is 9.59 Å². The maximum atomic E-state index is 12.3. The number of Topliss-reactive ketones (excluding diaryl/α,β-unsaturated/α-hetero) is 2. The fourth-order valence-electron chi connectivity index (χ4n) is 2.93. The molecular formula is C30H22O2. The summed E-state index contributed by atoms with van der Waals surface area (Å²) in [4.78, 5) is 24.6. The van der Waals surface area contributed by atoms with Crippen molar-refractivity contribution in [1.29, 1.82) is 0 Å². The normalized spacial score (nSPS) is 9.50. The summed E-state index contributed by atoms with van der Waals surface area (Å²) in [6, 6.07) is 25.9. The molecule has 3 aromatic carbocycles. The molecule has 2 nitrogen and oxygen atoms in total. The van der Waals surface area contributed by atoms with Crippen molar-refractivity contribution in [3.8, 4) is 23.7 Å². The van der Waals surface area contributed by atoms with Gasteiger partial charge in [0.25, 0.3) is 0 Å². The third-order valence-corrected chi connectivity index (χ3v) is 4.78. The Balaban J connectivity index is 1.55. The van der Waals surface area contributed by atoms with Gasteiger partial charge in [-0.15, -0.1) is 0 Å². The average Bonchev–Trinajstić information content (AvgIpc) is 2.85. The molecule has 0 N–H and O–H groups in total. The van der Waals surface area contributed by atoms with E-state index in [1.165, 1.54) is 0 Å². The molecule has 0 aliphatic heterocycles. The molecular weight excluding hydrogens is 392 g/mol. The number of ketones is 2. The first-order chi connectivity index (χ1) is 15.5. The van der Waals surface area contributed by atoms with Gasteiger partial charge in [0.1, 0.15) is 0 Å². The van der Waals surface area contributed by atoms with E-state index in [1.807, 2.05) is 60.7 Å². The van der Waals surface area contributed by atoms with Crippen LogP contribution in [0.3, 0.4) is 0 Å². The number of rotatable bonds is 6. The fourth-order valence-corrected chi connectivity index (χ4v) is 2.93. The summed E-state index contributed by atoms with van der Waals surface area (Å²) >= 11 is 0. The zero-order valence-electron chi connectivity index (χ0n) is 17.7. The van der Waals surface area contributed by atoms with E-state index < -0.39 is 0 Å². The average molecular weight is 415 g/mol. The maximum Gasteiger partial charge on any atom is 0.235 e. The molecule has 3 rings (SSSR count). The van der Waals surface area contributed by atoms with Gasteiger partial charge in [0.05, 0.1) is 0 Å². The number of hydrogen-bond acceptors (Lipinski definition) is 2. The highest BCUT2D eigenvalue weighted by atomic mass is 16.1. The third-order valence-electron chi connectivity index (χ3n) is 4.78. The van der Waals surface area contributed by atoms with E-state index in [0.717, 1.165) is 22.3 Å². The smallest absolute Gasteiger partial charge is 0.235 e. The van der Waals surface area contributed by atoms with E-state index in [9.17, 15) is 9.59 Å². The van der Waals surface area contributed by atoms with E-state index in [-0.39, 0.29) is 11.6 Å². The Kier molecular flexibility index (Phi) is 7.74. The van der Waals surface area contributed by atoms with Gasteiger partial charge in [-0.25, -0.2) is 0 Å². The zero-order chi connectivity index (χ0) is 22.8. The van der Waals surface area contributed by atoms with Gasteiger partial charge in [-0.2, -0.15) is 0 Å². The van der Waals surface area contributed by atoms with Gasteiger partial charge in [-0.05, 0) is 58.4 Å². The molecule has 0 saturated heterocycles. The van der Waals surface area contributed by atoms with Crippen molar-refractivity contribution in [1.82, 2.24) is 0 Å². The number of carbonyl (C=O) groups is 2. The van der Waals surface area contributed by atoms with Crippen LogP contribution < -0.4 is 0 Å². The first-order valence-corrected chi connectivity index (χ1v) is 10.2. The molecule has 0 bridgehead atoms. The van der Waals surface area contributed by atoms with E-state index in [2.05, 4.69) is 36.8 Å². The van der Waals surface area contributed by atoms with Crippen LogP contribution in [0.1, 0.15) is 44.7 Å². The van der Waals surface area contributed by atoms with Crippen LogP contribution in [-0.2, 0) is 0 Å². The van der Waals surface area contributed by atoms with E-state index >= 15 is 0 Å². The molecule has 0 radical (unpaired) electrons. The Morgan fingerprint density at radius 2 is 0.875 bits per heavy atom. The minimum Gasteiger partial charge on any atom is -0.279 e. The van der Waals surface area contributed by atoms with Gasteiger partial charge < -0.3 is 0 Å². The maximum absolute atomic E-state index is 12.3. The Hall–Kier alpha value is -4.40. The fraction of sp³-hybridized carbons (Fsp3) is 0.0667. The Labute approximate surface area is 189 Å². The van der Waals surface area contributed by atoms with Gasteiger partial charge in [0, 0.05) is 24.0 Å². The molecule has 0 atom stereocenters. The van der Waals surface area contributed by atoms with Crippen LogP contribution in [0.5, 0.6) is 0 Å². The largest absolute Gasteiger partial charge is 0.279 e. The molecule has 0 unspecified atom stereocenters. The van der Waals surface area contributed by atoms with Crippen molar-refractivity contribution >= 4 is 22.7 Å². The lowest BCUT2D eigenvalue weighted by Crippen LogP contribution is -1.99. The van der Waals surface area contributed by atoms with Crippen molar-refractivity contribution in [3.05, 3.63) is 120 Å². The first kappa shape index (κ1) is 22.3. The third kappa shape index (κ3) is 6.30. The molecule has 3 aromatic rings. The SMILES string of the molecule is C=C(CC#CC(=O)c1ccc(C(=O)C#CCC(=C)c2ccccc2)cc1)c1ccccc1. The van der Waals surface area contributed by atoms with Gasteiger partial charge in [0.2, 0.25) is 11.6 Å². The van der Waals surface area contributed by atoms with Crippen LogP contribution in [0.25, 0.3) is 11.1 Å². The number of benzene rings is 3. The molecule has 32 heavy (non-hydrogen) atoms. The monoisotopic (exact) mass is 414 g/mol. The van der Waals surface area contributed by atoms with Crippen molar-refractivity contribution in [2.45, 2.75) is 12.8 Å². The molecule has 0 aliphatic carbocycles. The summed E-state index contributed by atoms with van der Waals surface area (Å²) in [5.41, 5.74) is 4.60. The number of allylic oxidation sites excluding steroid dienone is 2. The Morgan fingerprint density at radius 1 is 0.531 bits per heavy atom. The molecule has 0 fully saturated rings. The Bertz CT molecular complexity index is 1150. The van der Waals surface area contributed by atoms with Crippen LogP contribution in [0.4, 0.5) is 0 Å². The summed E-state index contributed by atoms with van der Waals surface area (Å²) in [6.07, 6.45) is 0.826. The van der Waals surface area contributed by atoms with Gasteiger partial charge in [-0.1, -0.05) is 85.7 Å². The molecule has 0 spiro atoms. The highest BCUT2D eigenvalue weighted by molar-refractivity contribution is 6.11. The highest BCUT2D eigenvalue weighted by Gasteiger charge is 2.06. The second-order valence-electron chi connectivity index (χ2n) is 7.13. The van der Waals surface area contributed by atoms with Crippen molar-refractivity contribution in [3.63, 3.8) is 0 Å². The first-order valence-electron chi connectivity index (χ1n) is 10.2. The molecule has 0 aromatic heterocycles. The van der Waals surface area contributed by atoms with E-state index in [1.54, 1.807) is 24.3 Å². The predicted molar refractivity (Wildman–Crippen MR) is 131 cm³/mol. The van der Waals surface area contributed by atoms with E-state index in [4.69, 9.17) is 0 Å². The number of hydrogen-bond donors (Lipinski definition) is 0. The highest BCUT2D eigenvalue weighted by Crippen LogP contribution is 2.15. The topological polar surface area (TPSA) is 34.1 Å². The molecule has 0 amide bonds.